The van der Waals surface area contributed by atoms with Crippen molar-refractivity contribution in [2.75, 3.05) is 6.61 Å². The number of fused-ring (bicyclic) bond motifs is 1. The van der Waals surface area contributed by atoms with Gasteiger partial charge in [-0.25, -0.2) is 0 Å². The van der Waals surface area contributed by atoms with Crippen molar-refractivity contribution in [3.05, 3.63) is 71.9 Å². The van der Waals surface area contributed by atoms with Crippen LogP contribution in [0.5, 0.6) is 0 Å². The number of nitrogens with zero attached hydrogens (tertiary/aromatic N) is 1. The Morgan fingerprint density at radius 2 is 1.86 bits per heavy atom. The maximum absolute atomic E-state index is 11.8. The summed E-state index contributed by atoms with van der Waals surface area (Å²) in [6, 6.07) is 17.3. The van der Waals surface area contributed by atoms with Gasteiger partial charge in [0.05, 0.1) is 6.42 Å². The Kier molecular flexibility index (Phi) is 4.30. The molecule has 0 amide bonds. The summed E-state index contributed by atoms with van der Waals surface area (Å²) in [6.07, 6.45) is 3.84. The van der Waals surface area contributed by atoms with Crippen LogP contribution in [0.1, 0.15) is 11.3 Å². The van der Waals surface area contributed by atoms with Crippen LogP contribution in [0.15, 0.2) is 65.2 Å². The molecule has 0 radical (unpaired) electrons. The van der Waals surface area contributed by atoms with Gasteiger partial charge in [0, 0.05) is 5.39 Å². The van der Waals surface area contributed by atoms with Gasteiger partial charge in [0.25, 0.3) is 0 Å². The summed E-state index contributed by atoms with van der Waals surface area (Å²) in [5.41, 5.74) is 2.35. The molecule has 2 aromatic carbocycles. The quantitative estimate of drug-likeness (QED) is 0.674. The van der Waals surface area contributed by atoms with E-state index in [2.05, 4.69) is 5.16 Å². The molecule has 110 valence electrons. The minimum Gasteiger partial charge on any atom is -0.461 e. The van der Waals surface area contributed by atoms with Crippen LogP contribution in [-0.4, -0.2) is 17.7 Å². The number of benzene rings is 2. The van der Waals surface area contributed by atoms with Gasteiger partial charge in [-0.05, 0) is 23.8 Å². The molecule has 0 unspecified atom stereocenters. The van der Waals surface area contributed by atoms with E-state index in [1.807, 2.05) is 66.7 Å². The molecule has 22 heavy (non-hydrogen) atoms. The molecule has 0 aliphatic heterocycles. The Morgan fingerprint density at radius 1 is 1.09 bits per heavy atom. The normalized spacial score (nSPS) is 11.1. The van der Waals surface area contributed by atoms with Crippen molar-refractivity contribution in [1.82, 2.24) is 5.16 Å². The summed E-state index contributed by atoms with van der Waals surface area (Å²) in [7, 11) is 0. The van der Waals surface area contributed by atoms with E-state index in [0.29, 0.717) is 11.3 Å². The van der Waals surface area contributed by atoms with Crippen LogP contribution in [0.4, 0.5) is 0 Å². The molecule has 0 aliphatic rings. The van der Waals surface area contributed by atoms with Crippen molar-refractivity contribution in [1.29, 1.82) is 0 Å². The Balaban J connectivity index is 1.54. The van der Waals surface area contributed by atoms with Crippen molar-refractivity contribution < 1.29 is 14.1 Å². The lowest BCUT2D eigenvalue weighted by Crippen LogP contribution is -2.08. The van der Waals surface area contributed by atoms with Crippen LogP contribution in [0, 0.1) is 0 Å². The predicted octanol–water partition coefficient (Wildman–Crippen LogP) is 3.63. The molecule has 1 heterocycles. The highest BCUT2D eigenvalue weighted by Gasteiger charge is 2.12. The zero-order valence-electron chi connectivity index (χ0n) is 11.9. The largest absolute Gasteiger partial charge is 0.461 e. The number of hydrogen-bond donors (Lipinski definition) is 0. The molecule has 1 aromatic heterocycles. The van der Waals surface area contributed by atoms with E-state index in [9.17, 15) is 4.79 Å². The van der Waals surface area contributed by atoms with E-state index >= 15 is 0 Å². The number of carbonyl (C=O) groups is 1. The highest BCUT2D eigenvalue weighted by atomic mass is 16.5. The van der Waals surface area contributed by atoms with Crippen LogP contribution in [0.3, 0.4) is 0 Å². The van der Waals surface area contributed by atoms with Crippen LogP contribution in [0.2, 0.25) is 0 Å². The number of aromatic nitrogens is 1. The summed E-state index contributed by atoms with van der Waals surface area (Å²) >= 11 is 0. The molecule has 0 fully saturated rings. The van der Waals surface area contributed by atoms with Gasteiger partial charge in [-0.3, -0.25) is 4.79 Å². The average Bonchev–Trinajstić information content (AvgIpc) is 2.96. The molecular weight excluding hydrogens is 278 g/mol. The lowest BCUT2D eigenvalue weighted by molar-refractivity contribution is -0.141. The van der Waals surface area contributed by atoms with Crippen molar-refractivity contribution in [2.24, 2.45) is 0 Å². The maximum atomic E-state index is 11.8. The molecular formula is C18H15NO3. The fourth-order valence-electron chi connectivity index (χ4n) is 2.14. The van der Waals surface area contributed by atoms with E-state index in [1.54, 1.807) is 0 Å². The molecule has 3 rings (SSSR count). The number of para-hydroxylation sites is 1. The van der Waals surface area contributed by atoms with Crippen molar-refractivity contribution in [3.8, 4) is 0 Å². The molecule has 0 aliphatic carbocycles. The standard InChI is InChI=1S/C18H15NO3/c20-18(21-12-6-9-14-7-2-1-3-8-14)13-16-15-10-4-5-11-17(15)22-19-16/h1-11H,12-13H2. The first-order valence-electron chi connectivity index (χ1n) is 7.03. The highest BCUT2D eigenvalue weighted by Crippen LogP contribution is 2.18. The summed E-state index contributed by atoms with van der Waals surface area (Å²) in [6.45, 7) is 0.240. The van der Waals surface area contributed by atoms with E-state index in [-0.39, 0.29) is 19.0 Å². The second kappa shape index (κ2) is 6.72. The second-order valence-electron chi connectivity index (χ2n) is 4.80. The zero-order chi connectivity index (χ0) is 15.2. The highest BCUT2D eigenvalue weighted by molar-refractivity contribution is 5.84. The van der Waals surface area contributed by atoms with E-state index in [0.717, 1.165) is 10.9 Å². The first kappa shape index (κ1) is 14.1. The van der Waals surface area contributed by atoms with Gasteiger partial charge in [-0.2, -0.15) is 0 Å². The molecule has 3 aromatic rings. The van der Waals surface area contributed by atoms with Crippen LogP contribution >= 0.6 is 0 Å². The fraction of sp³-hybridized carbons (Fsp3) is 0.111. The Bertz CT molecular complexity index is 790. The summed E-state index contributed by atoms with van der Waals surface area (Å²) in [4.78, 5) is 11.8. The number of rotatable bonds is 5. The third kappa shape index (κ3) is 3.41. The molecule has 0 saturated heterocycles. The summed E-state index contributed by atoms with van der Waals surface area (Å²) < 4.78 is 10.3. The molecule has 4 heteroatoms. The summed E-state index contributed by atoms with van der Waals surface area (Å²) in [5, 5.41) is 4.76. The molecule has 0 bridgehead atoms. The van der Waals surface area contributed by atoms with Gasteiger partial charge in [0.1, 0.15) is 12.3 Å². The van der Waals surface area contributed by atoms with Crippen LogP contribution < -0.4 is 0 Å². The number of ether oxygens (including phenoxy) is 1. The predicted molar refractivity (Wildman–Crippen MR) is 84.1 cm³/mol. The fourth-order valence-corrected chi connectivity index (χ4v) is 2.14. The Morgan fingerprint density at radius 3 is 2.73 bits per heavy atom. The molecule has 0 spiro atoms. The number of esters is 1. The smallest absolute Gasteiger partial charge is 0.312 e. The van der Waals surface area contributed by atoms with Gasteiger partial charge in [-0.15, -0.1) is 0 Å². The monoisotopic (exact) mass is 293 g/mol. The first-order valence-corrected chi connectivity index (χ1v) is 7.03. The van der Waals surface area contributed by atoms with Gasteiger partial charge < -0.3 is 9.26 Å². The van der Waals surface area contributed by atoms with E-state index in [1.165, 1.54) is 0 Å². The summed E-state index contributed by atoms with van der Waals surface area (Å²) in [5.74, 6) is -0.322. The van der Waals surface area contributed by atoms with Crippen molar-refractivity contribution in [3.63, 3.8) is 0 Å². The van der Waals surface area contributed by atoms with Gasteiger partial charge in [-0.1, -0.05) is 53.7 Å². The van der Waals surface area contributed by atoms with Gasteiger partial charge in [0.2, 0.25) is 0 Å². The topological polar surface area (TPSA) is 52.3 Å². The first-order chi connectivity index (χ1) is 10.8. The van der Waals surface area contributed by atoms with Crippen LogP contribution in [0.25, 0.3) is 17.0 Å². The zero-order valence-corrected chi connectivity index (χ0v) is 11.9. The minimum atomic E-state index is -0.322. The van der Waals surface area contributed by atoms with Crippen LogP contribution in [-0.2, 0) is 16.0 Å². The van der Waals surface area contributed by atoms with Crippen molar-refractivity contribution in [2.45, 2.75) is 6.42 Å². The van der Waals surface area contributed by atoms with E-state index < -0.39 is 0 Å². The lowest BCUT2D eigenvalue weighted by Gasteiger charge is -2.00. The Hall–Kier alpha value is -2.88. The molecule has 0 N–H and O–H groups in total. The van der Waals surface area contributed by atoms with Crippen molar-refractivity contribution >= 4 is 23.0 Å². The number of hydrogen-bond acceptors (Lipinski definition) is 4. The SMILES string of the molecule is O=C(Cc1noc2ccccc12)OCC=Cc1ccccc1. The maximum Gasteiger partial charge on any atom is 0.312 e. The lowest BCUT2D eigenvalue weighted by atomic mass is 10.2. The third-order valence-electron chi connectivity index (χ3n) is 3.21. The minimum absolute atomic E-state index is 0.107. The number of carbonyl (C=O) groups excluding carboxylic acids is 1. The van der Waals surface area contributed by atoms with Gasteiger partial charge in [0.15, 0.2) is 5.58 Å². The molecule has 4 nitrogen and oxygen atoms in total. The average molecular weight is 293 g/mol. The third-order valence-corrected chi connectivity index (χ3v) is 3.21. The van der Waals surface area contributed by atoms with Gasteiger partial charge >= 0.3 is 5.97 Å². The van der Waals surface area contributed by atoms with E-state index in [4.69, 9.17) is 9.26 Å². The molecule has 0 atom stereocenters. The Labute approximate surface area is 128 Å². The second-order valence-corrected chi connectivity index (χ2v) is 4.80. The molecule has 0 saturated carbocycles.